The Bertz CT molecular complexity index is 281. The summed E-state index contributed by atoms with van der Waals surface area (Å²) in [7, 11) is 0. The van der Waals surface area contributed by atoms with E-state index < -0.39 is 0 Å². The monoisotopic (exact) mass is 262 g/mol. The predicted molar refractivity (Wildman–Crippen MR) is 61.0 cm³/mol. The number of halogens is 1. The first-order chi connectivity index (χ1) is 6.25. The Labute approximate surface area is 89.8 Å². The van der Waals surface area contributed by atoms with Gasteiger partial charge in [-0.1, -0.05) is 0 Å². The molecule has 0 bridgehead atoms. The molecule has 4 nitrogen and oxygen atoms in total. The van der Waals surface area contributed by atoms with Gasteiger partial charge in [-0.05, 0) is 22.2 Å². The van der Waals surface area contributed by atoms with Crippen LogP contribution in [0.4, 0.5) is 11.6 Å². The number of thioether (sulfide) groups is 1. The van der Waals surface area contributed by atoms with Gasteiger partial charge < -0.3 is 11.1 Å². The van der Waals surface area contributed by atoms with Crippen molar-refractivity contribution in [1.82, 2.24) is 9.97 Å². The summed E-state index contributed by atoms with van der Waals surface area (Å²) >= 11 is 5.09. The molecule has 0 saturated heterocycles. The van der Waals surface area contributed by atoms with Crippen LogP contribution in [0.5, 0.6) is 0 Å². The molecule has 0 saturated carbocycles. The second-order valence-electron chi connectivity index (χ2n) is 2.34. The van der Waals surface area contributed by atoms with E-state index in [9.17, 15) is 0 Å². The number of nitrogens with two attached hydrogens (primary N) is 1. The van der Waals surface area contributed by atoms with Crippen molar-refractivity contribution in [3.05, 3.63) is 10.8 Å². The second kappa shape index (κ2) is 5.29. The lowest BCUT2D eigenvalue weighted by atomic mass is 10.5. The zero-order chi connectivity index (χ0) is 9.68. The van der Waals surface area contributed by atoms with E-state index in [0.29, 0.717) is 5.82 Å². The number of hydrogen-bond acceptors (Lipinski definition) is 5. The summed E-state index contributed by atoms with van der Waals surface area (Å²) < 4.78 is 0.733. The van der Waals surface area contributed by atoms with Crippen molar-refractivity contribution < 1.29 is 0 Å². The lowest BCUT2D eigenvalue weighted by Gasteiger charge is -2.06. The quantitative estimate of drug-likeness (QED) is 0.808. The molecule has 1 rings (SSSR count). The van der Waals surface area contributed by atoms with Crippen molar-refractivity contribution in [2.75, 3.05) is 29.6 Å². The number of nitrogens with zero attached hydrogens (tertiary/aromatic N) is 2. The van der Waals surface area contributed by atoms with Crippen molar-refractivity contribution in [2.45, 2.75) is 0 Å². The van der Waals surface area contributed by atoms with E-state index in [1.807, 2.05) is 0 Å². The van der Waals surface area contributed by atoms with Crippen LogP contribution in [0.3, 0.4) is 0 Å². The SMILES string of the molecule is CSCCNc1ncnc(N)c1Br. The maximum atomic E-state index is 5.58. The topological polar surface area (TPSA) is 63.8 Å². The first kappa shape index (κ1) is 10.6. The van der Waals surface area contributed by atoms with Crippen LogP contribution >= 0.6 is 27.7 Å². The lowest BCUT2D eigenvalue weighted by Crippen LogP contribution is -2.07. The third-order valence-corrected chi connectivity index (χ3v) is 2.81. The smallest absolute Gasteiger partial charge is 0.145 e. The molecular formula is C7H11BrN4S. The number of aromatic nitrogens is 2. The highest BCUT2D eigenvalue weighted by Gasteiger charge is 2.03. The minimum atomic E-state index is 0.460. The van der Waals surface area contributed by atoms with Crippen LogP contribution < -0.4 is 11.1 Å². The molecule has 1 heterocycles. The molecule has 0 unspecified atom stereocenters. The average molecular weight is 263 g/mol. The zero-order valence-electron chi connectivity index (χ0n) is 7.25. The van der Waals surface area contributed by atoms with Gasteiger partial charge >= 0.3 is 0 Å². The maximum absolute atomic E-state index is 5.58. The van der Waals surface area contributed by atoms with Gasteiger partial charge in [0.05, 0.1) is 0 Å². The Morgan fingerprint density at radius 3 is 3.08 bits per heavy atom. The van der Waals surface area contributed by atoms with Gasteiger partial charge in [0, 0.05) is 12.3 Å². The minimum absolute atomic E-state index is 0.460. The van der Waals surface area contributed by atoms with E-state index in [1.165, 1.54) is 6.33 Å². The summed E-state index contributed by atoms with van der Waals surface area (Å²) in [6.07, 6.45) is 3.51. The van der Waals surface area contributed by atoms with E-state index in [2.05, 4.69) is 37.5 Å². The highest BCUT2D eigenvalue weighted by molar-refractivity contribution is 9.10. The van der Waals surface area contributed by atoms with E-state index in [4.69, 9.17) is 5.73 Å². The molecule has 0 atom stereocenters. The van der Waals surface area contributed by atoms with Gasteiger partial charge in [-0.3, -0.25) is 0 Å². The highest BCUT2D eigenvalue weighted by Crippen LogP contribution is 2.23. The lowest BCUT2D eigenvalue weighted by molar-refractivity contribution is 1.11. The van der Waals surface area contributed by atoms with Crippen LogP contribution in [-0.2, 0) is 0 Å². The summed E-state index contributed by atoms with van der Waals surface area (Å²) in [5, 5.41) is 3.16. The van der Waals surface area contributed by atoms with Crippen LogP contribution in [0.25, 0.3) is 0 Å². The van der Waals surface area contributed by atoms with Crippen molar-refractivity contribution in [1.29, 1.82) is 0 Å². The minimum Gasteiger partial charge on any atom is -0.383 e. The highest BCUT2D eigenvalue weighted by atomic mass is 79.9. The zero-order valence-corrected chi connectivity index (χ0v) is 9.65. The summed E-state index contributed by atoms with van der Waals surface area (Å²) in [5.41, 5.74) is 5.58. The third kappa shape index (κ3) is 3.04. The molecule has 6 heteroatoms. The summed E-state index contributed by atoms with van der Waals surface area (Å²) in [5.74, 6) is 2.25. The van der Waals surface area contributed by atoms with E-state index in [1.54, 1.807) is 11.8 Å². The molecule has 0 aromatic carbocycles. The van der Waals surface area contributed by atoms with Gasteiger partial charge in [-0.2, -0.15) is 11.8 Å². The number of hydrogen-bond donors (Lipinski definition) is 2. The molecule has 0 amide bonds. The van der Waals surface area contributed by atoms with Crippen LogP contribution in [-0.4, -0.2) is 28.5 Å². The second-order valence-corrected chi connectivity index (χ2v) is 4.12. The Hall–Kier alpha value is -0.490. The van der Waals surface area contributed by atoms with Crippen molar-refractivity contribution in [2.24, 2.45) is 0 Å². The van der Waals surface area contributed by atoms with E-state index in [-0.39, 0.29) is 0 Å². The third-order valence-electron chi connectivity index (χ3n) is 1.42. The van der Waals surface area contributed by atoms with Crippen molar-refractivity contribution >= 4 is 39.3 Å². The van der Waals surface area contributed by atoms with Gasteiger partial charge in [-0.15, -0.1) is 0 Å². The normalized spacial score (nSPS) is 10.0. The van der Waals surface area contributed by atoms with E-state index >= 15 is 0 Å². The Balaban J connectivity index is 2.61. The molecule has 0 radical (unpaired) electrons. The Morgan fingerprint density at radius 1 is 1.62 bits per heavy atom. The molecule has 1 aromatic heterocycles. The number of nitrogen functional groups attached to an aromatic ring is 1. The summed E-state index contributed by atoms with van der Waals surface area (Å²) in [6, 6.07) is 0. The van der Waals surface area contributed by atoms with Gasteiger partial charge in [0.2, 0.25) is 0 Å². The number of nitrogens with one attached hydrogen (secondary N) is 1. The first-order valence-corrected chi connectivity index (χ1v) is 5.93. The molecule has 0 fully saturated rings. The molecule has 0 spiro atoms. The summed E-state index contributed by atoms with van der Waals surface area (Å²) in [6.45, 7) is 0.871. The molecule has 0 aliphatic carbocycles. The largest absolute Gasteiger partial charge is 0.383 e. The molecule has 13 heavy (non-hydrogen) atoms. The molecule has 1 aromatic rings. The molecule has 72 valence electrons. The van der Waals surface area contributed by atoms with Gasteiger partial charge in [0.25, 0.3) is 0 Å². The van der Waals surface area contributed by atoms with Crippen LogP contribution in [0.15, 0.2) is 10.8 Å². The van der Waals surface area contributed by atoms with Gasteiger partial charge in [0.1, 0.15) is 22.4 Å². The van der Waals surface area contributed by atoms with E-state index in [0.717, 1.165) is 22.6 Å². The fourth-order valence-corrected chi connectivity index (χ4v) is 1.43. The molecule has 0 aliphatic rings. The average Bonchev–Trinajstić information content (AvgIpc) is 2.13. The number of rotatable bonds is 4. The van der Waals surface area contributed by atoms with Crippen molar-refractivity contribution in [3.8, 4) is 0 Å². The fourth-order valence-electron chi connectivity index (χ4n) is 0.778. The predicted octanol–water partition coefficient (Wildman–Crippen LogP) is 1.60. The van der Waals surface area contributed by atoms with Crippen LogP contribution in [0, 0.1) is 0 Å². The molecule has 0 aliphatic heterocycles. The standard InChI is InChI=1S/C7H11BrN4S/c1-13-3-2-10-7-5(8)6(9)11-4-12-7/h4H,2-3H2,1H3,(H3,9,10,11,12). The Morgan fingerprint density at radius 2 is 2.38 bits per heavy atom. The van der Waals surface area contributed by atoms with Gasteiger partial charge in [-0.25, -0.2) is 9.97 Å². The first-order valence-electron chi connectivity index (χ1n) is 3.74. The number of anilines is 2. The van der Waals surface area contributed by atoms with Crippen LogP contribution in [0.1, 0.15) is 0 Å². The fraction of sp³-hybridized carbons (Fsp3) is 0.429. The van der Waals surface area contributed by atoms with Crippen LogP contribution in [0.2, 0.25) is 0 Å². The van der Waals surface area contributed by atoms with Crippen molar-refractivity contribution in [3.63, 3.8) is 0 Å². The molecular weight excluding hydrogens is 252 g/mol. The Kier molecular flexibility index (Phi) is 4.31. The van der Waals surface area contributed by atoms with Gasteiger partial charge in [0.15, 0.2) is 0 Å². The molecule has 3 N–H and O–H groups in total. The maximum Gasteiger partial charge on any atom is 0.145 e. The summed E-state index contributed by atoms with van der Waals surface area (Å²) in [4.78, 5) is 7.89.